The van der Waals surface area contributed by atoms with Crippen molar-refractivity contribution in [2.45, 2.75) is 115 Å². The number of nitrogens with one attached hydrogen (secondary N) is 2. The van der Waals surface area contributed by atoms with Crippen molar-refractivity contribution in [3.8, 4) is 0 Å². The van der Waals surface area contributed by atoms with Crippen LogP contribution in [0, 0.1) is 0 Å². The van der Waals surface area contributed by atoms with E-state index in [1.165, 1.54) is 51.4 Å². The third-order valence-electron chi connectivity index (χ3n) is 6.52. The van der Waals surface area contributed by atoms with Crippen molar-refractivity contribution in [3.05, 3.63) is 18.2 Å². The maximum Gasteiger partial charge on any atom is 0.237 e. The largest absolute Gasteiger partial charge is 0.353 e. The highest BCUT2D eigenvalue weighted by Crippen LogP contribution is 2.19. The summed E-state index contributed by atoms with van der Waals surface area (Å²) in [5.41, 5.74) is 6.79. The van der Waals surface area contributed by atoms with Crippen LogP contribution in [0.25, 0.3) is 0 Å². The lowest BCUT2D eigenvalue weighted by molar-refractivity contribution is -0.135. The van der Waals surface area contributed by atoms with Crippen molar-refractivity contribution in [2.24, 2.45) is 5.73 Å². The Morgan fingerprint density at radius 3 is 2.47 bits per heavy atom. The van der Waals surface area contributed by atoms with Crippen molar-refractivity contribution in [2.75, 3.05) is 13.1 Å². The first kappa shape index (κ1) is 26.4. The molecule has 2 amide bonds. The summed E-state index contributed by atoms with van der Waals surface area (Å²) in [6.45, 7) is 3.54. The van der Waals surface area contributed by atoms with Crippen LogP contribution in [0.4, 0.5) is 0 Å². The number of hydrogen-bond acceptors (Lipinski definition) is 4. The Morgan fingerprint density at radius 1 is 1.12 bits per heavy atom. The van der Waals surface area contributed by atoms with Gasteiger partial charge in [-0.1, -0.05) is 64.7 Å². The molecule has 2 rings (SSSR count). The number of rotatable bonds is 16. The SMILES string of the molecule is CCCCCCCCCCCCC(=O)N1CCCCC1CNC(=O)C(N)Cc1c[nH]cn1. The molecule has 1 aromatic heterocycles. The van der Waals surface area contributed by atoms with Crippen LogP contribution in [0.2, 0.25) is 0 Å². The first-order chi connectivity index (χ1) is 15.6. The minimum Gasteiger partial charge on any atom is -0.353 e. The Morgan fingerprint density at radius 2 is 1.81 bits per heavy atom. The molecule has 0 bridgehead atoms. The first-order valence-corrected chi connectivity index (χ1v) is 12.9. The summed E-state index contributed by atoms with van der Waals surface area (Å²) < 4.78 is 0. The number of piperidine rings is 1. The molecular formula is C25H45N5O2. The molecule has 1 saturated heterocycles. The lowest BCUT2D eigenvalue weighted by Crippen LogP contribution is -2.52. The molecule has 0 spiro atoms. The van der Waals surface area contributed by atoms with Crippen LogP contribution in [-0.2, 0) is 16.0 Å². The summed E-state index contributed by atoms with van der Waals surface area (Å²) >= 11 is 0. The zero-order valence-corrected chi connectivity index (χ0v) is 20.1. The lowest BCUT2D eigenvalue weighted by atomic mass is 10.0. The molecule has 1 aliphatic heterocycles. The molecule has 2 atom stereocenters. The quantitative estimate of drug-likeness (QED) is 0.332. The van der Waals surface area contributed by atoms with E-state index in [4.69, 9.17) is 5.73 Å². The molecule has 32 heavy (non-hydrogen) atoms. The van der Waals surface area contributed by atoms with Gasteiger partial charge in [0.25, 0.3) is 0 Å². The molecule has 0 aliphatic carbocycles. The van der Waals surface area contributed by atoms with E-state index in [0.717, 1.165) is 44.3 Å². The van der Waals surface area contributed by atoms with Gasteiger partial charge >= 0.3 is 0 Å². The molecule has 7 nitrogen and oxygen atoms in total. The normalized spacial score (nSPS) is 17.3. The maximum absolute atomic E-state index is 12.8. The van der Waals surface area contributed by atoms with E-state index in [1.54, 1.807) is 12.5 Å². The Bertz CT molecular complexity index is 634. The van der Waals surface area contributed by atoms with Crippen molar-refractivity contribution < 1.29 is 9.59 Å². The Balaban J connectivity index is 1.61. The number of nitrogens with zero attached hydrogens (tertiary/aromatic N) is 2. The average molecular weight is 448 g/mol. The van der Waals surface area contributed by atoms with Gasteiger partial charge < -0.3 is 20.9 Å². The van der Waals surface area contributed by atoms with Gasteiger partial charge in [0.1, 0.15) is 0 Å². The van der Waals surface area contributed by atoms with E-state index < -0.39 is 6.04 Å². The maximum atomic E-state index is 12.8. The van der Waals surface area contributed by atoms with E-state index in [2.05, 4.69) is 22.2 Å². The molecule has 2 heterocycles. The number of hydrogen-bond donors (Lipinski definition) is 3. The predicted molar refractivity (Wildman–Crippen MR) is 129 cm³/mol. The zero-order valence-electron chi connectivity index (χ0n) is 20.1. The van der Waals surface area contributed by atoms with Crippen LogP contribution < -0.4 is 11.1 Å². The van der Waals surface area contributed by atoms with Crippen molar-refractivity contribution in [1.82, 2.24) is 20.2 Å². The van der Waals surface area contributed by atoms with Gasteiger partial charge in [-0.15, -0.1) is 0 Å². The van der Waals surface area contributed by atoms with Crippen molar-refractivity contribution in [1.29, 1.82) is 0 Å². The number of likely N-dealkylation sites (tertiary alicyclic amines) is 1. The van der Waals surface area contributed by atoms with Crippen LogP contribution in [0.3, 0.4) is 0 Å². The number of carbonyl (C=O) groups excluding carboxylic acids is 2. The number of amides is 2. The average Bonchev–Trinajstić information content (AvgIpc) is 3.31. The van der Waals surface area contributed by atoms with Gasteiger partial charge in [-0.2, -0.15) is 0 Å². The molecule has 0 saturated carbocycles. The third-order valence-corrected chi connectivity index (χ3v) is 6.52. The summed E-state index contributed by atoms with van der Waals surface area (Å²) in [5.74, 6) is 0.0602. The van der Waals surface area contributed by atoms with E-state index in [0.29, 0.717) is 19.4 Å². The highest BCUT2D eigenvalue weighted by atomic mass is 16.2. The number of aromatic amines is 1. The van der Waals surface area contributed by atoms with Gasteiger partial charge in [-0.05, 0) is 25.7 Å². The lowest BCUT2D eigenvalue weighted by Gasteiger charge is -2.36. The minimum absolute atomic E-state index is 0.0842. The number of nitrogens with two attached hydrogens (primary N) is 1. The zero-order chi connectivity index (χ0) is 23.0. The first-order valence-electron chi connectivity index (χ1n) is 12.9. The fraction of sp³-hybridized carbons (Fsp3) is 0.800. The number of carbonyl (C=O) groups is 2. The molecular weight excluding hydrogens is 402 g/mol. The van der Waals surface area contributed by atoms with E-state index in [1.807, 2.05) is 4.90 Å². The van der Waals surface area contributed by atoms with Gasteiger partial charge in [0, 0.05) is 38.2 Å². The summed E-state index contributed by atoms with van der Waals surface area (Å²) in [6, 6.07) is -0.543. The van der Waals surface area contributed by atoms with Crippen LogP contribution in [-0.4, -0.2) is 51.9 Å². The van der Waals surface area contributed by atoms with E-state index >= 15 is 0 Å². The molecule has 2 unspecified atom stereocenters. The van der Waals surface area contributed by atoms with Crippen LogP contribution in [0.1, 0.15) is 103 Å². The van der Waals surface area contributed by atoms with Gasteiger partial charge in [0.15, 0.2) is 0 Å². The highest BCUT2D eigenvalue weighted by molar-refractivity contribution is 5.82. The molecule has 4 N–H and O–H groups in total. The van der Waals surface area contributed by atoms with Gasteiger partial charge in [0.2, 0.25) is 11.8 Å². The Hall–Kier alpha value is -1.89. The smallest absolute Gasteiger partial charge is 0.237 e. The molecule has 1 fully saturated rings. The number of aromatic nitrogens is 2. The summed E-state index contributed by atoms with van der Waals surface area (Å²) in [5, 5.41) is 2.96. The predicted octanol–water partition coefficient (Wildman–Crippen LogP) is 4.09. The second-order valence-electron chi connectivity index (χ2n) is 9.29. The Labute approximate surface area is 194 Å². The van der Waals surface area contributed by atoms with Crippen molar-refractivity contribution >= 4 is 11.8 Å². The molecule has 182 valence electrons. The molecule has 7 heteroatoms. The fourth-order valence-corrected chi connectivity index (χ4v) is 4.52. The summed E-state index contributed by atoms with van der Waals surface area (Å²) in [7, 11) is 0. The monoisotopic (exact) mass is 447 g/mol. The third kappa shape index (κ3) is 10.2. The van der Waals surface area contributed by atoms with Crippen LogP contribution in [0.15, 0.2) is 12.5 Å². The van der Waals surface area contributed by atoms with Gasteiger partial charge in [0.05, 0.1) is 18.1 Å². The van der Waals surface area contributed by atoms with Gasteiger partial charge in [-0.25, -0.2) is 4.98 Å². The number of imidazole rings is 1. The fourth-order valence-electron chi connectivity index (χ4n) is 4.52. The second-order valence-corrected chi connectivity index (χ2v) is 9.29. The molecule has 0 radical (unpaired) electrons. The number of H-pyrrole nitrogens is 1. The summed E-state index contributed by atoms with van der Waals surface area (Å²) in [4.78, 5) is 34.2. The summed E-state index contributed by atoms with van der Waals surface area (Å²) in [6.07, 6.45) is 20.2. The Kier molecular flexibility index (Phi) is 13.0. The molecule has 0 aromatic carbocycles. The second kappa shape index (κ2) is 15.8. The standard InChI is InChI=1S/C25H45N5O2/c1-2-3-4-5-6-7-8-9-10-11-15-24(31)30-16-13-12-14-22(30)19-28-25(32)23(26)17-21-18-27-20-29-21/h18,20,22-23H,2-17,19,26H2,1H3,(H,27,29)(H,28,32). The van der Waals surface area contributed by atoms with E-state index in [-0.39, 0.29) is 17.9 Å². The molecule has 1 aromatic rings. The van der Waals surface area contributed by atoms with Gasteiger partial charge in [-0.3, -0.25) is 9.59 Å². The number of unbranched alkanes of at least 4 members (excludes halogenated alkanes) is 9. The van der Waals surface area contributed by atoms with E-state index in [9.17, 15) is 9.59 Å². The van der Waals surface area contributed by atoms with Crippen molar-refractivity contribution in [3.63, 3.8) is 0 Å². The molecule has 1 aliphatic rings. The topological polar surface area (TPSA) is 104 Å². The minimum atomic E-state index is -0.627. The highest BCUT2D eigenvalue weighted by Gasteiger charge is 2.27. The van der Waals surface area contributed by atoms with Crippen LogP contribution in [0.5, 0.6) is 0 Å². The van der Waals surface area contributed by atoms with Crippen LogP contribution >= 0.6 is 0 Å².